The van der Waals surface area contributed by atoms with Crippen molar-refractivity contribution >= 4 is 31.9 Å². The van der Waals surface area contributed by atoms with E-state index in [1.807, 2.05) is 0 Å². The van der Waals surface area contributed by atoms with Crippen LogP contribution in [-0.4, -0.2) is 52.5 Å². The third-order valence-corrected chi connectivity index (χ3v) is 5.33. The number of hydrogen-bond donors (Lipinski definition) is 1. The molecule has 1 aromatic carbocycles. The van der Waals surface area contributed by atoms with Gasteiger partial charge in [0, 0.05) is 25.2 Å². The van der Waals surface area contributed by atoms with Gasteiger partial charge in [-0.1, -0.05) is 12.1 Å². The molecule has 0 aliphatic carbocycles. The van der Waals surface area contributed by atoms with Crippen molar-refractivity contribution in [2.45, 2.75) is 4.90 Å². The number of carbonyl (C=O) groups excluding carboxylic acids is 1. The number of nitrogens with zero attached hydrogens (tertiary/aromatic N) is 1. The van der Waals surface area contributed by atoms with Gasteiger partial charge in [0.25, 0.3) is 0 Å². The van der Waals surface area contributed by atoms with Gasteiger partial charge in [0.1, 0.15) is 0 Å². The third kappa shape index (κ3) is 4.55. The molecule has 0 heterocycles. The smallest absolute Gasteiger partial charge is 0.244 e. The number of ether oxygens (including phenoxy) is 1. The maximum absolute atomic E-state index is 12.3. The fraction of sp³-hybridized carbons (Fsp3) is 0.417. The first-order valence-corrected chi connectivity index (χ1v) is 8.09. The highest BCUT2D eigenvalue weighted by molar-refractivity contribution is 9.10. The Morgan fingerprint density at radius 1 is 1.40 bits per heavy atom. The molecule has 1 aromatic rings. The number of amides is 1. The number of nitrogens with one attached hydrogen (secondary N) is 1. The molecule has 0 saturated heterocycles. The van der Waals surface area contributed by atoms with Crippen LogP contribution in [-0.2, 0) is 19.6 Å². The van der Waals surface area contributed by atoms with Crippen molar-refractivity contribution in [2.75, 3.05) is 33.9 Å². The van der Waals surface area contributed by atoms with E-state index in [4.69, 9.17) is 4.74 Å². The van der Waals surface area contributed by atoms with Crippen molar-refractivity contribution < 1.29 is 17.9 Å². The second kappa shape index (κ2) is 7.72. The van der Waals surface area contributed by atoms with E-state index in [0.717, 1.165) is 4.31 Å². The molecule has 0 saturated carbocycles. The van der Waals surface area contributed by atoms with Gasteiger partial charge in [-0.3, -0.25) is 4.79 Å². The Kier molecular flexibility index (Phi) is 6.60. The standard InChI is InChI=1S/C12H17BrN2O4S/c1-15(9-12(16)14-7-8-19-2)20(17,18)11-6-4-3-5-10(11)13/h3-6H,7-9H2,1-2H3,(H,14,16). The number of methoxy groups -OCH3 is 1. The topological polar surface area (TPSA) is 75.7 Å². The Labute approximate surface area is 127 Å². The molecule has 1 amide bonds. The highest BCUT2D eigenvalue weighted by atomic mass is 79.9. The number of sulfonamides is 1. The van der Waals surface area contributed by atoms with Crippen molar-refractivity contribution in [1.82, 2.24) is 9.62 Å². The zero-order valence-corrected chi connectivity index (χ0v) is 13.7. The highest BCUT2D eigenvalue weighted by Crippen LogP contribution is 2.23. The lowest BCUT2D eigenvalue weighted by molar-refractivity contribution is -0.121. The molecule has 0 fully saturated rings. The van der Waals surface area contributed by atoms with Crippen molar-refractivity contribution in [3.05, 3.63) is 28.7 Å². The van der Waals surface area contributed by atoms with Gasteiger partial charge in [-0.25, -0.2) is 8.42 Å². The summed E-state index contributed by atoms with van der Waals surface area (Å²) in [4.78, 5) is 11.7. The van der Waals surface area contributed by atoms with Gasteiger partial charge in [-0.2, -0.15) is 4.31 Å². The van der Waals surface area contributed by atoms with E-state index in [9.17, 15) is 13.2 Å². The largest absolute Gasteiger partial charge is 0.383 e. The number of benzene rings is 1. The summed E-state index contributed by atoms with van der Waals surface area (Å²) < 4.78 is 30.9. The minimum Gasteiger partial charge on any atom is -0.383 e. The number of hydrogen-bond acceptors (Lipinski definition) is 4. The number of halogens is 1. The fourth-order valence-electron chi connectivity index (χ4n) is 1.46. The molecule has 0 aromatic heterocycles. The lowest BCUT2D eigenvalue weighted by Crippen LogP contribution is -2.39. The van der Waals surface area contributed by atoms with Crippen LogP contribution in [0, 0.1) is 0 Å². The molecule has 112 valence electrons. The molecule has 0 unspecified atom stereocenters. The molecule has 0 aliphatic rings. The first-order chi connectivity index (χ1) is 9.39. The zero-order chi connectivity index (χ0) is 15.2. The number of rotatable bonds is 7. The van der Waals surface area contributed by atoms with E-state index in [1.165, 1.54) is 20.2 Å². The van der Waals surface area contributed by atoms with Crippen LogP contribution in [0.1, 0.15) is 0 Å². The van der Waals surface area contributed by atoms with Crippen LogP contribution in [0.2, 0.25) is 0 Å². The average molecular weight is 365 g/mol. The summed E-state index contributed by atoms with van der Waals surface area (Å²) in [6, 6.07) is 6.48. The second-order valence-electron chi connectivity index (χ2n) is 4.03. The second-order valence-corrected chi connectivity index (χ2v) is 6.90. The van der Waals surface area contributed by atoms with Crippen LogP contribution >= 0.6 is 15.9 Å². The third-order valence-electron chi connectivity index (χ3n) is 2.52. The minimum atomic E-state index is -3.70. The van der Waals surface area contributed by atoms with E-state index in [1.54, 1.807) is 18.2 Å². The quantitative estimate of drug-likeness (QED) is 0.727. The van der Waals surface area contributed by atoms with E-state index in [2.05, 4.69) is 21.2 Å². The van der Waals surface area contributed by atoms with Crippen LogP contribution in [0.15, 0.2) is 33.6 Å². The fourth-order valence-corrected chi connectivity index (χ4v) is 3.54. The predicted octanol–water partition coefficient (Wildman–Crippen LogP) is 0.832. The van der Waals surface area contributed by atoms with Gasteiger partial charge < -0.3 is 10.1 Å². The Morgan fingerprint density at radius 2 is 2.05 bits per heavy atom. The molecular weight excluding hydrogens is 348 g/mol. The van der Waals surface area contributed by atoms with Crippen molar-refractivity contribution in [3.63, 3.8) is 0 Å². The van der Waals surface area contributed by atoms with Gasteiger partial charge >= 0.3 is 0 Å². The first kappa shape index (κ1) is 17.1. The summed E-state index contributed by atoms with van der Waals surface area (Å²) in [7, 11) is -0.812. The molecule has 0 atom stereocenters. The van der Waals surface area contributed by atoms with Crippen LogP contribution in [0.25, 0.3) is 0 Å². The SMILES string of the molecule is COCCNC(=O)CN(C)S(=O)(=O)c1ccccc1Br. The molecule has 0 radical (unpaired) electrons. The lowest BCUT2D eigenvalue weighted by Gasteiger charge is -2.17. The zero-order valence-electron chi connectivity index (χ0n) is 11.3. The molecule has 20 heavy (non-hydrogen) atoms. The summed E-state index contributed by atoms with van der Waals surface area (Å²) in [5, 5.41) is 2.57. The maximum atomic E-state index is 12.3. The Hall–Kier alpha value is -0.960. The maximum Gasteiger partial charge on any atom is 0.244 e. The highest BCUT2D eigenvalue weighted by Gasteiger charge is 2.24. The minimum absolute atomic E-state index is 0.132. The summed E-state index contributed by atoms with van der Waals surface area (Å²) >= 11 is 3.19. The predicted molar refractivity (Wildman–Crippen MR) is 78.8 cm³/mol. The Bertz CT molecular complexity index is 562. The van der Waals surface area contributed by atoms with Gasteiger partial charge in [0.15, 0.2) is 0 Å². The molecule has 1 rings (SSSR count). The summed E-state index contributed by atoms with van der Waals surface area (Å²) in [5.74, 6) is -0.375. The average Bonchev–Trinajstić information content (AvgIpc) is 2.39. The van der Waals surface area contributed by atoms with Crippen molar-refractivity contribution in [3.8, 4) is 0 Å². The Balaban J connectivity index is 2.73. The van der Waals surface area contributed by atoms with Crippen LogP contribution in [0.3, 0.4) is 0 Å². The summed E-state index contributed by atoms with van der Waals surface area (Å²) in [6.07, 6.45) is 0. The van der Waals surface area contributed by atoms with Crippen LogP contribution < -0.4 is 5.32 Å². The molecular formula is C12H17BrN2O4S. The van der Waals surface area contributed by atoms with Gasteiger partial charge in [-0.15, -0.1) is 0 Å². The van der Waals surface area contributed by atoms with Crippen molar-refractivity contribution in [1.29, 1.82) is 0 Å². The van der Waals surface area contributed by atoms with E-state index in [0.29, 0.717) is 17.6 Å². The summed E-state index contributed by atoms with van der Waals surface area (Å²) in [6.45, 7) is 0.484. The molecule has 0 spiro atoms. The molecule has 8 heteroatoms. The van der Waals surface area contributed by atoms with Gasteiger partial charge in [0.2, 0.25) is 15.9 Å². The van der Waals surface area contributed by atoms with Crippen molar-refractivity contribution in [2.24, 2.45) is 0 Å². The molecule has 0 aliphatic heterocycles. The van der Waals surface area contributed by atoms with Crippen LogP contribution in [0.5, 0.6) is 0 Å². The van der Waals surface area contributed by atoms with Gasteiger partial charge in [0.05, 0.1) is 18.0 Å². The van der Waals surface area contributed by atoms with E-state index >= 15 is 0 Å². The normalized spacial score (nSPS) is 11.6. The molecule has 6 nitrogen and oxygen atoms in total. The monoisotopic (exact) mass is 364 g/mol. The molecule has 0 bridgehead atoms. The van der Waals surface area contributed by atoms with E-state index in [-0.39, 0.29) is 17.3 Å². The summed E-state index contributed by atoms with van der Waals surface area (Å²) in [5.41, 5.74) is 0. The number of carbonyl (C=O) groups is 1. The number of likely N-dealkylation sites (N-methyl/N-ethyl adjacent to an activating group) is 1. The van der Waals surface area contributed by atoms with Gasteiger partial charge in [-0.05, 0) is 28.1 Å². The van der Waals surface area contributed by atoms with Crippen LogP contribution in [0.4, 0.5) is 0 Å². The molecule has 1 N–H and O–H groups in total. The lowest BCUT2D eigenvalue weighted by atomic mass is 10.4. The Morgan fingerprint density at radius 3 is 2.65 bits per heavy atom. The van der Waals surface area contributed by atoms with E-state index < -0.39 is 10.0 Å². The first-order valence-electron chi connectivity index (χ1n) is 5.86.